The van der Waals surface area contributed by atoms with Gasteiger partial charge < -0.3 is 15.5 Å². The number of aromatic nitrogens is 1. The molecule has 6 nitrogen and oxygen atoms in total. The smallest absolute Gasteiger partial charge is 0.268 e. The number of anilines is 1. The van der Waals surface area contributed by atoms with Crippen LogP contribution in [0.25, 0.3) is 10.8 Å². The quantitative estimate of drug-likeness (QED) is 0.432. The summed E-state index contributed by atoms with van der Waals surface area (Å²) in [6.45, 7) is 1.87. The normalized spacial score (nSPS) is 16.7. The minimum atomic E-state index is -0.176. The zero-order chi connectivity index (χ0) is 19.5. The van der Waals surface area contributed by atoms with E-state index in [0.717, 1.165) is 29.3 Å². The number of carbonyl (C=O) groups is 1. The fourth-order valence-electron chi connectivity index (χ4n) is 3.66. The first-order valence-electron chi connectivity index (χ1n) is 9.34. The first kappa shape index (κ1) is 18.0. The molecule has 0 spiro atoms. The minimum Gasteiger partial charge on any atom is -0.384 e. The molecule has 1 amide bonds. The van der Waals surface area contributed by atoms with E-state index in [9.17, 15) is 4.79 Å². The fourth-order valence-corrected chi connectivity index (χ4v) is 3.66. The number of aryl methyl sites for hydroxylation is 1. The second-order valence-corrected chi connectivity index (χ2v) is 6.91. The summed E-state index contributed by atoms with van der Waals surface area (Å²) < 4.78 is 0. The van der Waals surface area contributed by atoms with E-state index in [1.807, 2.05) is 55.5 Å². The summed E-state index contributed by atoms with van der Waals surface area (Å²) in [5.74, 6) is 0.0128. The number of rotatable bonds is 4. The van der Waals surface area contributed by atoms with Gasteiger partial charge in [-0.15, -0.1) is 0 Å². The van der Waals surface area contributed by atoms with Gasteiger partial charge in [-0.1, -0.05) is 47.6 Å². The Morgan fingerprint density at radius 3 is 2.89 bits per heavy atom. The molecule has 2 aromatic carbocycles. The molecular formula is C22H22N4O2. The number of amidine groups is 1. The highest BCUT2D eigenvalue weighted by Gasteiger charge is 2.28. The molecule has 1 aromatic heterocycles. The van der Waals surface area contributed by atoms with Gasteiger partial charge in [0.2, 0.25) is 0 Å². The van der Waals surface area contributed by atoms with Crippen molar-refractivity contribution in [3.63, 3.8) is 0 Å². The number of pyridine rings is 1. The van der Waals surface area contributed by atoms with Gasteiger partial charge in [-0.3, -0.25) is 9.78 Å². The van der Waals surface area contributed by atoms with E-state index >= 15 is 0 Å². The molecule has 28 heavy (non-hydrogen) atoms. The van der Waals surface area contributed by atoms with Gasteiger partial charge in [0.05, 0.1) is 0 Å². The summed E-state index contributed by atoms with van der Waals surface area (Å²) in [7, 11) is 0. The van der Waals surface area contributed by atoms with E-state index in [0.29, 0.717) is 5.69 Å². The predicted octanol–water partition coefficient (Wildman–Crippen LogP) is 3.24. The molecule has 0 saturated carbocycles. The average Bonchev–Trinajstić information content (AvgIpc) is 2.73. The number of para-hydroxylation sites is 1. The Bertz CT molecular complexity index is 1040. The number of hydrogen-bond donors (Lipinski definition) is 1. The zero-order valence-corrected chi connectivity index (χ0v) is 15.7. The Morgan fingerprint density at radius 1 is 1.21 bits per heavy atom. The number of nitrogens with zero attached hydrogens (tertiary/aromatic N) is 3. The largest absolute Gasteiger partial charge is 0.384 e. The van der Waals surface area contributed by atoms with Gasteiger partial charge in [0.25, 0.3) is 5.91 Å². The molecule has 1 aliphatic rings. The summed E-state index contributed by atoms with van der Waals surface area (Å²) in [6.07, 6.45) is 3.57. The monoisotopic (exact) mass is 374 g/mol. The number of fused-ring (bicyclic) bond motifs is 2. The lowest BCUT2D eigenvalue weighted by molar-refractivity contribution is -0.123. The minimum absolute atomic E-state index is 0.118. The lowest BCUT2D eigenvalue weighted by Crippen LogP contribution is -2.43. The lowest BCUT2D eigenvalue weighted by atomic mass is 9.96. The van der Waals surface area contributed by atoms with Crippen molar-refractivity contribution >= 4 is 28.2 Å². The van der Waals surface area contributed by atoms with Gasteiger partial charge in [0.15, 0.2) is 12.4 Å². The molecule has 3 aromatic rings. The van der Waals surface area contributed by atoms with Gasteiger partial charge in [0, 0.05) is 23.3 Å². The molecular weight excluding hydrogens is 352 g/mol. The van der Waals surface area contributed by atoms with Crippen LogP contribution in [-0.4, -0.2) is 29.4 Å². The van der Waals surface area contributed by atoms with Crippen LogP contribution in [0.3, 0.4) is 0 Å². The lowest BCUT2D eigenvalue weighted by Gasteiger charge is -2.34. The maximum atomic E-state index is 12.8. The third-order valence-corrected chi connectivity index (χ3v) is 5.06. The number of hydrogen-bond acceptors (Lipinski definition) is 4. The van der Waals surface area contributed by atoms with E-state index in [1.54, 1.807) is 11.1 Å². The van der Waals surface area contributed by atoms with Crippen LogP contribution in [0.5, 0.6) is 0 Å². The van der Waals surface area contributed by atoms with Crippen LogP contribution in [0.2, 0.25) is 0 Å². The molecule has 4 rings (SSSR count). The van der Waals surface area contributed by atoms with E-state index in [1.165, 1.54) is 5.56 Å². The van der Waals surface area contributed by atoms with Crippen LogP contribution in [0, 0.1) is 0 Å². The molecule has 0 aliphatic carbocycles. The van der Waals surface area contributed by atoms with Gasteiger partial charge in [0.1, 0.15) is 5.69 Å². The van der Waals surface area contributed by atoms with Crippen LogP contribution in [-0.2, 0) is 16.1 Å². The second-order valence-electron chi connectivity index (χ2n) is 6.91. The molecule has 1 aliphatic heterocycles. The highest BCUT2D eigenvalue weighted by Crippen LogP contribution is 2.30. The SMILES string of the molecule is CC1CCc2ccccc2N1C(=O)CO/N=C(\N)c1nccc2ccccc12. The summed E-state index contributed by atoms with van der Waals surface area (Å²) in [5, 5.41) is 5.85. The van der Waals surface area contributed by atoms with Crippen molar-refractivity contribution in [2.75, 3.05) is 11.5 Å². The van der Waals surface area contributed by atoms with E-state index in [-0.39, 0.29) is 24.4 Å². The van der Waals surface area contributed by atoms with Gasteiger partial charge in [-0.2, -0.15) is 0 Å². The molecule has 142 valence electrons. The zero-order valence-electron chi connectivity index (χ0n) is 15.7. The predicted molar refractivity (Wildman–Crippen MR) is 110 cm³/mol. The Kier molecular flexibility index (Phi) is 4.93. The first-order valence-corrected chi connectivity index (χ1v) is 9.34. The summed E-state index contributed by atoms with van der Waals surface area (Å²) in [6, 6.07) is 17.8. The van der Waals surface area contributed by atoms with Gasteiger partial charge in [-0.25, -0.2) is 0 Å². The van der Waals surface area contributed by atoms with Crippen molar-refractivity contribution in [2.45, 2.75) is 25.8 Å². The number of nitrogens with two attached hydrogens (primary N) is 1. The van der Waals surface area contributed by atoms with Crippen molar-refractivity contribution in [2.24, 2.45) is 10.9 Å². The number of benzene rings is 2. The second kappa shape index (κ2) is 7.68. The van der Waals surface area contributed by atoms with Gasteiger partial charge in [-0.05, 0) is 42.8 Å². The number of carbonyl (C=O) groups excluding carboxylic acids is 1. The first-order chi connectivity index (χ1) is 13.6. The van der Waals surface area contributed by atoms with Crippen molar-refractivity contribution in [1.82, 2.24) is 4.98 Å². The molecule has 6 heteroatoms. The van der Waals surface area contributed by atoms with E-state index in [4.69, 9.17) is 10.6 Å². The Morgan fingerprint density at radius 2 is 2.00 bits per heavy atom. The number of amides is 1. The molecule has 0 bridgehead atoms. The van der Waals surface area contributed by atoms with Crippen molar-refractivity contribution in [1.29, 1.82) is 0 Å². The highest BCUT2D eigenvalue weighted by atomic mass is 16.6. The molecule has 1 unspecified atom stereocenters. The van der Waals surface area contributed by atoms with Crippen LogP contribution in [0.4, 0.5) is 5.69 Å². The third-order valence-electron chi connectivity index (χ3n) is 5.06. The van der Waals surface area contributed by atoms with Crippen LogP contribution in [0.15, 0.2) is 65.9 Å². The molecule has 2 N–H and O–H groups in total. The van der Waals surface area contributed by atoms with Crippen LogP contribution < -0.4 is 10.6 Å². The Balaban J connectivity index is 1.49. The van der Waals surface area contributed by atoms with Gasteiger partial charge >= 0.3 is 0 Å². The van der Waals surface area contributed by atoms with Crippen LogP contribution in [0.1, 0.15) is 24.6 Å². The van der Waals surface area contributed by atoms with E-state index < -0.39 is 0 Å². The van der Waals surface area contributed by atoms with Crippen LogP contribution >= 0.6 is 0 Å². The molecule has 0 radical (unpaired) electrons. The summed E-state index contributed by atoms with van der Waals surface area (Å²) in [4.78, 5) is 24.2. The summed E-state index contributed by atoms with van der Waals surface area (Å²) in [5.41, 5.74) is 8.74. The third kappa shape index (κ3) is 3.41. The molecule has 2 heterocycles. The Hall–Kier alpha value is -3.41. The highest BCUT2D eigenvalue weighted by molar-refractivity contribution is 6.07. The Labute approximate surface area is 163 Å². The van der Waals surface area contributed by atoms with Crippen molar-refractivity contribution in [3.8, 4) is 0 Å². The number of oxime groups is 1. The molecule has 0 saturated heterocycles. The summed E-state index contributed by atoms with van der Waals surface area (Å²) >= 11 is 0. The molecule has 1 atom stereocenters. The maximum absolute atomic E-state index is 12.8. The average molecular weight is 374 g/mol. The van der Waals surface area contributed by atoms with Crippen molar-refractivity contribution < 1.29 is 9.63 Å². The molecule has 0 fully saturated rings. The van der Waals surface area contributed by atoms with Crippen molar-refractivity contribution in [3.05, 3.63) is 72.1 Å². The van der Waals surface area contributed by atoms with E-state index in [2.05, 4.69) is 16.2 Å². The fraction of sp³-hybridized carbons (Fsp3) is 0.227. The standard InChI is InChI=1S/C22H22N4O2/c1-15-10-11-17-7-3-5-9-19(17)26(15)20(27)14-28-25-22(23)21-18-8-4-2-6-16(18)12-13-24-21/h2-9,12-13,15H,10-11,14H2,1H3,(H2,23,25). The topological polar surface area (TPSA) is 80.8 Å². The maximum Gasteiger partial charge on any atom is 0.268 e.